The van der Waals surface area contributed by atoms with E-state index in [0.717, 1.165) is 16.7 Å². The molecule has 1 saturated heterocycles. The van der Waals surface area contributed by atoms with Crippen LogP contribution < -0.4 is 9.47 Å². The largest absolute Gasteiger partial charge is 0.493 e. The van der Waals surface area contributed by atoms with Crippen molar-refractivity contribution in [3.63, 3.8) is 0 Å². The molecule has 30 heavy (non-hydrogen) atoms. The first kappa shape index (κ1) is 22.5. The van der Waals surface area contributed by atoms with Gasteiger partial charge in [-0.3, -0.25) is 14.5 Å². The van der Waals surface area contributed by atoms with Crippen LogP contribution in [0.3, 0.4) is 0 Å². The second kappa shape index (κ2) is 9.29. The van der Waals surface area contributed by atoms with Gasteiger partial charge in [-0.1, -0.05) is 29.3 Å². The Bertz CT molecular complexity index is 1020. The van der Waals surface area contributed by atoms with Crippen LogP contribution in [0.4, 0.5) is 9.18 Å². The molecule has 0 radical (unpaired) electrons. The van der Waals surface area contributed by atoms with Gasteiger partial charge in [0.05, 0.1) is 29.7 Å². The fourth-order valence-corrected chi connectivity index (χ4v) is 4.13. The Balaban J connectivity index is 1.89. The Labute approximate surface area is 187 Å². The standard InChI is InChI=1S/C21H18Cl2FNO4S/c1-11(2)29-19-15(23)7-12(8-17(19)28-3)9-18-20(26)25(21(27)30-18)10-13-14(22)5-4-6-16(13)24/h4-9,11H,10H2,1-3H3/b18-9-. The molecule has 9 heteroatoms. The minimum atomic E-state index is -0.581. The highest BCUT2D eigenvalue weighted by Gasteiger charge is 2.36. The lowest BCUT2D eigenvalue weighted by molar-refractivity contribution is -0.123. The summed E-state index contributed by atoms with van der Waals surface area (Å²) in [6.45, 7) is 3.47. The highest BCUT2D eigenvalue weighted by molar-refractivity contribution is 8.18. The van der Waals surface area contributed by atoms with Crippen LogP contribution in [0.1, 0.15) is 25.0 Å². The first-order valence-electron chi connectivity index (χ1n) is 8.93. The first-order chi connectivity index (χ1) is 14.2. The molecule has 0 spiro atoms. The van der Waals surface area contributed by atoms with Gasteiger partial charge in [0, 0.05) is 10.6 Å². The third-order valence-corrected chi connectivity index (χ3v) is 5.70. The highest BCUT2D eigenvalue weighted by Crippen LogP contribution is 2.40. The number of rotatable bonds is 6. The average molecular weight is 470 g/mol. The molecule has 1 aliphatic heterocycles. The van der Waals surface area contributed by atoms with Gasteiger partial charge in [0.25, 0.3) is 11.1 Å². The van der Waals surface area contributed by atoms with E-state index >= 15 is 0 Å². The average Bonchev–Trinajstić information content (AvgIpc) is 2.93. The SMILES string of the molecule is COc1cc(/C=C2\SC(=O)N(Cc3c(F)cccc3Cl)C2=O)cc(Cl)c1OC(C)C. The van der Waals surface area contributed by atoms with Gasteiger partial charge in [0.15, 0.2) is 11.5 Å². The summed E-state index contributed by atoms with van der Waals surface area (Å²) in [7, 11) is 1.48. The van der Waals surface area contributed by atoms with Gasteiger partial charge >= 0.3 is 0 Å². The van der Waals surface area contributed by atoms with Crippen molar-refractivity contribution < 1.29 is 23.5 Å². The number of hydrogen-bond acceptors (Lipinski definition) is 5. The number of halogens is 3. The number of ether oxygens (including phenoxy) is 2. The summed E-state index contributed by atoms with van der Waals surface area (Å²) in [6, 6.07) is 7.46. The number of hydrogen-bond donors (Lipinski definition) is 0. The van der Waals surface area contributed by atoms with Gasteiger partial charge in [-0.2, -0.15) is 0 Å². The molecule has 3 rings (SSSR count). The van der Waals surface area contributed by atoms with Crippen molar-refractivity contribution in [1.82, 2.24) is 4.90 Å². The van der Waals surface area contributed by atoms with Crippen LogP contribution in [0.2, 0.25) is 10.0 Å². The van der Waals surface area contributed by atoms with Crippen LogP contribution in [0.15, 0.2) is 35.2 Å². The quantitative estimate of drug-likeness (QED) is 0.473. The number of imide groups is 1. The summed E-state index contributed by atoms with van der Waals surface area (Å²) >= 11 is 13.1. The Morgan fingerprint density at radius 3 is 2.57 bits per heavy atom. The molecule has 158 valence electrons. The monoisotopic (exact) mass is 469 g/mol. The zero-order valence-corrected chi connectivity index (χ0v) is 18.7. The second-order valence-corrected chi connectivity index (χ2v) is 8.48. The molecule has 2 aromatic rings. The van der Waals surface area contributed by atoms with Crippen molar-refractivity contribution in [2.24, 2.45) is 0 Å². The van der Waals surface area contributed by atoms with E-state index in [0.29, 0.717) is 22.1 Å². The van der Waals surface area contributed by atoms with Crippen molar-refractivity contribution >= 4 is 52.2 Å². The molecule has 2 amide bonds. The van der Waals surface area contributed by atoms with Gasteiger partial charge in [0.1, 0.15) is 5.82 Å². The number of thioether (sulfide) groups is 1. The van der Waals surface area contributed by atoms with Crippen LogP contribution in [-0.4, -0.2) is 29.3 Å². The molecule has 0 atom stereocenters. The predicted octanol–water partition coefficient (Wildman–Crippen LogP) is 6.16. The van der Waals surface area contributed by atoms with Gasteiger partial charge in [-0.25, -0.2) is 4.39 Å². The lowest BCUT2D eigenvalue weighted by Gasteiger charge is -2.16. The Hall–Kier alpha value is -2.22. The second-order valence-electron chi connectivity index (χ2n) is 6.67. The normalized spacial score (nSPS) is 15.4. The molecule has 0 saturated carbocycles. The molecule has 5 nitrogen and oxygen atoms in total. The van der Waals surface area contributed by atoms with E-state index in [4.69, 9.17) is 32.7 Å². The van der Waals surface area contributed by atoms with E-state index in [2.05, 4.69) is 0 Å². The number of nitrogens with zero attached hydrogens (tertiary/aromatic N) is 1. The van der Waals surface area contributed by atoms with E-state index in [-0.39, 0.29) is 28.1 Å². The summed E-state index contributed by atoms with van der Waals surface area (Å²) in [5.74, 6) is -0.321. The minimum Gasteiger partial charge on any atom is -0.493 e. The predicted molar refractivity (Wildman–Crippen MR) is 117 cm³/mol. The molecule has 0 unspecified atom stereocenters. The number of benzene rings is 2. The maximum absolute atomic E-state index is 14.1. The fraction of sp³-hybridized carbons (Fsp3) is 0.238. The summed E-state index contributed by atoms with van der Waals surface area (Å²) in [4.78, 5) is 26.3. The van der Waals surface area contributed by atoms with Crippen molar-refractivity contribution in [2.45, 2.75) is 26.5 Å². The molecule has 2 aromatic carbocycles. The van der Waals surface area contributed by atoms with Crippen LogP contribution >= 0.6 is 35.0 Å². The highest BCUT2D eigenvalue weighted by atomic mass is 35.5. The smallest absolute Gasteiger partial charge is 0.293 e. The zero-order chi connectivity index (χ0) is 22.0. The third-order valence-electron chi connectivity index (χ3n) is 4.15. The Morgan fingerprint density at radius 2 is 1.93 bits per heavy atom. The Kier molecular flexibility index (Phi) is 6.95. The molecular weight excluding hydrogens is 452 g/mol. The number of carbonyl (C=O) groups excluding carboxylic acids is 2. The molecule has 1 heterocycles. The zero-order valence-electron chi connectivity index (χ0n) is 16.4. The van der Waals surface area contributed by atoms with Crippen LogP contribution in [-0.2, 0) is 11.3 Å². The number of methoxy groups -OCH3 is 1. The van der Waals surface area contributed by atoms with E-state index in [9.17, 15) is 14.0 Å². The summed E-state index contributed by atoms with van der Waals surface area (Å²) in [5.41, 5.74) is 0.644. The maximum atomic E-state index is 14.1. The molecule has 0 N–H and O–H groups in total. The van der Waals surface area contributed by atoms with E-state index in [1.807, 2.05) is 13.8 Å². The molecular formula is C21H18Cl2FNO4S. The van der Waals surface area contributed by atoms with Crippen molar-refractivity contribution in [3.05, 3.63) is 62.2 Å². The van der Waals surface area contributed by atoms with Crippen molar-refractivity contribution in [2.75, 3.05) is 7.11 Å². The van der Waals surface area contributed by atoms with Crippen molar-refractivity contribution in [1.29, 1.82) is 0 Å². The first-order valence-corrected chi connectivity index (χ1v) is 10.5. The Morgan fingerprint density at radius 1 is 1.20 bits per heavy atom. The van der Waals surface area contributed by atoms with Crippen LogP contribution in [0, 0.1) is 5.82 Å². The summed E-state index contributed by atoms with van der Waals surface area (Å²) < 4.78 is 25.1. The molecule has 0 aromatic heterocycles. The topological polar surface area (TPSA) is 55.8 Å². The van der Waals surface area contributed by atoms with E-state index in [1.54, 1.807) is 12.1 Å². The van der Waals surface area contributed by atoms with E-state index in [1.165, 1.54) is 31.4 Å². The molecule has 1 fully saturated rings. The molecule has 0 bridgehead atoms. The van der Waals surface area contributed by atoms with Gasteiger partial charge in [-0.15, -0.1) is 0 Å². The minimum absolute atomic E-state index is 0.0858. The lowest BCUT2D eigenvalue weighted by atomic mass is 10.1. The van der Waals surface area contributed by atoms with E-state index < -0.39 is 17.0 Å². The van der Waals surface area contributed by atoms with Gasteiger partial charge in [0.2, 0.25) is 0 Å². The van der Waals surface area contributed by atoms with Crippen molar-refractivity contribution in [3.8, 4) is 11.5 Å². The third kappa shape index (κ3) is 4.74. The lowest BCUT2D eigenvalue weighted by Crippen LogP contribution is -2.28. The van der Waals surface area contributed by atoms with Gasteiger partial charge < -0.3 is 9.47 Å². The molecule has 0 aliphatic carbocycles. The van der Waals surface area contributed by atoms with Crippen LogP contribution in [0.25, 0.3) is 6.08 Å². The summed E-state index contributed by atoms with van der Waals surface area (Å²) in [6.07, 6.45) is 1.42. The maximum Gasteiger partial charge on any atom is 0.293 e. The number of amides is 2. The van der Waals surface area contributed by atoms with Crippen LogP contribution in [0.5, 0.6) is 11.5 Å². The summed E-state index contributed by atoms with van der Waals surface area (Å²) in [5, 5.41) is -0.0506. The molecule has 1 aliphatic rings. The number of carbonyl (C=O) groups is 2. The van der Waals surface area contributed by atoms with Gasteiger partial charge in [-0.05, 0) is 61.5 Å². The fourth-order valence-electron chi connectivity index (χ4n) is 2.80.